The van der Waals surface area contributed by atoms with Gasteiger partial charge in [0.2, 0.25) is 0 Å². The molecule has 0 fully saturated rings. The van der Waals surface area contributed by atoms with Crippen LogP contribution in [0.2, 0.25) is 0 Å². The monoisotopic (exact) mass is 397 g/mol. The molecule has 7 nitrogen and oxygen atoms in total. The van der Waals surface area contributed by atoms with Gasteiger partial charge in [-0.3, -0.25) is 14.9 Å². The van der Waals surface area contributed by atoms with Crippen LogP contribution in [0.3, 0.4) is 0 Å². The van der Waals surface area contributed by atoms with Crippen LogP contribution in [0.15, 0.2) is 52.2 Å². The van der Waals surface area contributed by atoms with Gasteiger partial charge in [0.1, 0.15) is 17.3 Å². The van der Waals surface area contributed by atoms with E-state index >= 15 is 0 Å². The number of aryl methyl sites for hydroxylation is 1. The number of nitrogens with one attached hydrogen (secondary N) is 1. The summed E-state index contributed by atoms with van der Waals surface area (Å²) in [5, 5.41) is 9.02. The number of nitrogens with zero attached hydrogens (tertiary/aromatic N) is 2. The Morgan fingerprint density at radius 3 is 2.62 bits per heavy atom. The van der Waals surface area contributed by atoms with Crippen molar-refractivity contribution in [3.63, 3.8) is 0 Å². The van der Waals surface area contributed by atoms with Crippen molar-refractivity contribution in [1.82, 2.24) is 10.3 Å². The fourth-order valence-corrected chi connectivity index (χ4v) is 3.12. The number of esters is 1. The Balaban J connectivity index is 1.78. The van der Waals surface area contributed by atoms with Gasteiger partial charge < -0.3 is 9.15 Å². The van der Waals surface area contributed by atoms with Gasteiger partial charge in [-0.05, 0) is 45.4 Å². The Kier molecular flexibility index (Phi) is 6.17. The van der Waals surface area contributed by atoms with Crippen LogP contribution in [-0.2, 0) is 14.3 Å². The van der Waals surface area contributed by atoms with Gasteiger partial charge in [0.25, 0.3) is 5.91 Å². The van der Waals surface area contributed by atoms with Gasteiger partial charge in [-0.25, -0.2) is 5.01 Å². The Morgan fingerprint density at radius 2 is 2.00 bits per heavy atom. The Hall–Kier alpha value is -2.93. The normalized spacial score (nSPS) is 16.6. The third kappa shape index (κ3) is 4.74. The van der Waals surface area contributed by atoms with Crippen LogP contribution in [0.4, 0.5) is 0 Å². The van der Waals surface area contributed by atoms with E-state index in [1.807, 2.05) is 37.3 Å². The van der Waals surface area contributed by atoms with Crippen LogP contribution in [-0.4, -0.2) is 41.3 Å². The number of amides is 1. The zero-order valence-electron chi connectivity index (χ0n) is 17.3. The SMILES string of the molecule is CCOC(=O)C(C)(C)NCC(=O)N1N=C(c2ccc(C)cc2)CC1c1ccco1. The molecule has 0 spiro atoms. The summed E-state index contributed by atoms with van der Waals surface area (Å²) in [5.74, 6) is 0.0281. The van der Waals surface area contributed by atoms with Crippen LogP contribution in [0.5, 0.6) is 0 Å². The van der Waals surface area contributed by atoms with Crippen LogP contribution in [0.1, 0.15) is 50.1 Å². The average molecular weight is 397 g/mol. The summed E-state index contributed by atoms with van der Waals surface area (Å²) >= 11 is 0. The van der Waals surface area contributed by atoms with E-state index in [9.17, 15) is 9.59 Å². The van der Waals surface area contributed by atoms with Crippen LogP contribution in [0.25, 0.3) is 0 Å². The summed E-state index contributed by atoms with van der Waals surface area (Å²) in [4.78, 5) is 25.0. The number of hydrazone groups is 1. The topological polar surface area (TPSA) is 84.1 Å². The summed E-state index contributed by atoms with van der Waals surface area (Å²) in [6.07, 6.45) is 2.15. The van der Waals surface area contributed by atoms with Crippen molar-refractivity contribution < 1.29 is 18.7 Å². The molecule has 0 aliphatic carbocycles. The molecule has 1 aromatic heterocycles. The van der Waals surface area contributed by atoms with Gasteiger partial charge in [-0.15, -0.1) is 0 Å². The number of benzene rings is 1. The fourth-order valence-electron chi connectivity index (χ4n) is 3.12. The smallest absolute Gasteiger partial charge is 0.325 e. The predicted molar refractivity (Wildman–Crippen MR) is 109 cm³/mol. The highest BCUT2D eigenvalue weighted by Crippen LogP contribution is 2.33. The molecule has 2 heterocycles. The zero-order valence-corrected chi connectivity index (χ0v) is 17.3. The molecular formula is C22H27N3O4. The highest BCUT2D eigenvalue weighted by Gasteiger charge is 2.36. The lowest BCUT2D eigenvalue weighted by atomic mass is 10.0. The molecular weight excluding hydrogens is 370 g/mol. The first kappa shape index (κ1) is 20.8. The fraction of sp³-hybridized carbons (Fsp3) is 0.409. The number of carbonyl (C=O) groups is 2. The highest BCUT2D eigenvalue weighted by molar-refractivity contribution is 6.03. The van der Waals surface area contributed by atoms with E-state index in [4.69, 9.17) is 9.15 Å². The summed E-state index contributed by atoms with van der Waals surface area (Å²) in [6, 6.07) is 11.4. The van der Waals surface area contributed by atoms with E-state index < -0.39 is 11.5 Å². The van der Waals surface area contributed by atoms with Crippen LogP contribution >= 0.6 is 0 Å². The first-order valence-corrected chi connectivity index (χ1v) is 9.74. The maximum Gasteiger partial charge on any atom is 0.325 e. The summed E-state index contributed by atoms with van der Waals surface area (Å²) in [6.45, 7) is 7.39. The molecule has 1 amide bonds. The van der Waals surface area contributed by atoms with Crippen molar-refractivity contribution in [2.75, 3.05) is 13.2 Å². The molecule has 0 saturated carbocycles. The predicted octanol–water partition coefficient (Wildman–Crippen LogP) is 3.20. The molecule has 0 radical (unpaired) electrons. The number of hydrogen-bond donors (Lipinski definition) is 1. The molecule has 0 saturated heterocycles. The van der Waals surface area contributed by atoms with Crippen molar-refractivity contribution in [2.45, 2.75) is 45.7 Å². The van der Waals surface area contributed by atoms with Crippen LogP contribution < -0.4 is 5.32 Å². The molecule has 0 bridgehead atoms. The molecule has 3 rings (SSSR count). The molecule has 154 valence electrons. The maximum atomic E-state index is 13.0. The Morgan fingerprint density at radius 1 is 1.28 bits per heavy atom. The van der Waals surface area contributed by atoms with Crippen molar-refractivity contribution in [2.24, 2.45) is 5.10 Å². The largest absolute Gasteiger partial charge is 0.467 e. The van der Waals surface area contributed by atoms with E-state index in [1.54, 1.807) is 33.1 Å². The molecule has 7 heteroatoms. The van der Waals surface area contributed by atoms with Gasteiger partial charge in [-0.2, -0.15) is 5.10 Å². The minimum atomic E-state index is -0.977. The van der Waals surface area contributed by atoms with E-state index in [0.29, 0.717) is 12.2 Å². The Labute approximate surface area is 170 Å². The van der Waals surface area contributed by atoms with Crippen molar-refractivity contribution in [3.8, 4) is 0 Å². The van der Waals surface area contributed by atoms with Gasteiger partial charge in [0.05, 0.1) is 25.1 Å². The Bertz CT molecular complexity index is 885. The first-order valence-electron chi connectivity index (χ1n) is 9.74. The molecule has 1 unspecified atom stereocenters. The summed E-state index contributed by atoms with van der Waals surface area (Å²) in [5.41, 5.74) is 1.98. The highest BCUT2D eigenvalue weighted by atomic mass is 16.5. The number of rotatable bonds is 7. The van der Waals surface area contributed by atoms with Crippen molar-refractivity contribution >= 4 is 17.6 Å². The lowest BCUT2D eigenvalue weighted by molar-refractivity contribution is -0.150. The second-order valence-electron chi connectivity index (χ2n) is 7.59. The van der Waals surface area contributed by atoms with Crippen molar-refractivity contribution in [3.05, 3.63) is 59.5 Å². The molecule has 1 atom stereocenters. The summed E-state index contributed by atoms with van der Waals surface area (Å²) in [7, 11) is 0. The lowest BCUT2D eigenvalue weighted by Gasteiger charge is -2.26. The minimum Gasteiger partial charge on any atom is -0.467 e. The quantitative estimate of drug-likeness (QED) is 0.726. The van der Waals surface area contributed by atoms with E-state index in [-0.39, 0.29) is 25.1 Å². The van der Waals surface area contributed by atoms with Crippen molar-refractivity contribution in [1.29, 1.82) is 0 Å². The van der Waals surface area contributed by atoms with Gasteiger partial charge in [-0.1, -0.05) is 29.8 Å². The van der Waals surface area contributed by atoms with E-state index in [1.165, 1.54) is 5.01 Å². The van der Waals surface area contributed by atoms with Gasteiger partial charge in [0, 0.05) is 6.42 Å². The standard InChI is InChI=1S/C22H27N3O4/c1-5-28-21(27)22(3,4)23-14-20(26)25-18(19-7-6-12-29-19)13-17(24-25)16-10-8-15(2)9-11-16/h6-12,18,23H,5,13-14H2,1-4H3. The number of carbonyl (C=O) groups excluding carboxylic acids is 2. The minimum absolute atomic E-state index is 0.0479. The number of hydrogen-bond acceptors (Lipinski definition) is 6. The van der Waals surface area contributed by atoms with E-state index in [0.717, 1.165) is 16.8 Å². The van der Waals surface area contributed by atoms with Gasteiger partial charge >= 0.3 is 5.97 Å². The zero-order chi connectivity index (χ0) is 21.0. The second kappa shape index (κ2) is 8.61. The molecule has 29 heavy (non-hydrogen) atoms. The lowest BCUT2D eigenvalue weighted by Crippen LogP contribution is -2.51. The average Bonchev–Trinajstić information content (AvgIpc) is 3.36. The molecule has 1 N–H and O–H groups in total. The van der Waals surface area contributed by atoms with Gasteiger partial charge in [0.15, 0.2) is 0 Å². The van der Waals surface area contributed by atoms with E-state index in [2.05, 4.69) is 10.4 Å². The number of furan rings is 1. The molecule has 1 aromatic carbocycles. The van der Waals surface area contributed by atoms with Crippen LogP contribution in [0, 0.1) is 6.92 Å². The maximum absolute atomic E-state index is 13.0. The number of ether oxygens (including phenoxy) is 1. The third-order valence-electron chi connectivity index (χ3n) is 4.89. The first-order chi connectivity index (χ1) is 13.8. The second-order valence-corrected chi connectivity index (χ2v) is 7.59. The third-order valence-corrected chi connectivity index (χ3v) is 4.89. The summed E-state index contributed by atoms with van der Waals surface area (Å²) < 4.78 is 10.6. The molecule has 1 aliphatic heterocycles. The molecule has 2 aromatic rings. The molecule has 1 aliphatic rings.